The van der Waals surface area contributed by atoms with Gasteiger partial charge in [-0.05, 0) is 12.8 Å². The van der Waals surface area contributed by atoms with Crippen LogP contribution in [0.15, 0.2) is 0 Å². The molecule has 0 fully saturated rings. The molecule has 0 aromatic rings. The van der Waals surface area contributed by atoms with E-state index in [4.69, 9.17) is 4.52 Å². The zero-order valence-electron chi connectivity index (χ0n) is 8.31. The molecular formula is C8H19FeO3P. The SMILES string of the molecule is CCCCOP(=O)(O)CCCC.[Fe]. The summed E-state index contributed by atoms with van der Waals surface area (Å²) in [4.78, 5) is 9.21. The van der Waals surface area contributed by atoms with Gasteiger partial charge in [0, 0.05) is 23.2 Å². The fourth-order valence-corrected chi connectivity index (χ4v) is 2.03. The second kappa shape index (κ2) is 9.23. The molecule has 5 heteroatoms. The summed E-state index contributed by atoms with van der Waals surface area (Å²) in [6, 6.07) is 0. The molecule has 0 aromatic heterocycles. The van der Waals surface area contributed by atoms with Gasteiger partial charge in [-0.3, -0.25) is 4.57 Å². The second-order valence-corrected chi connectivity index (χ2v) is 4.88. The van der Waals surface area contributed by atoms with Crippen molar-refractivity contribution in [3.05, 3.63) is 0 Å². The molecule has 13 heavy (non-hydrogen) atoms. The molecule has 0 saturated heterocycles. The van der Waals surface area contributed by atoms with E-state index < -0.39 is 7.60 Å². The molecule has 82 valence electrons. The van der Waals surface area contributed by atoms with Gasteiger partial charge in [-0.1, -0.05) is 26.7 Å². The van der Waals surface area contributed by atoms with Crippen molar-refractivity contribution in [2.75, 3.05) is 12.8 Å². The van der Waals surface area contributed by atoms with Crippen LogP contribution in [-0.2, 0) is 26.2 Å². The Balaban J connectivity index is 0. The Kier molecular flexibility index (Phi) is 11.4. The van der Waals surface area contributed by atoms with Gasteiger partial charge in [0.15, 0.2) is 0 Å². The first kappa shape index (κ1) is 16.1. The van der Waals surface area contributed by atoms with Crippen LogP contribution in [-0.4, -0.2) is 17.7 Å². The summed E-state index contributed by atoms with van der Waals surface area (Å²) in [6.45, 7) is 4.43. The summed E-state index contributed by atoms with van der Waals surface area (Å²) in [5.74, 6) is 0. The van der Waals surface area contributed by atoms with E-state index in [1.54, 1.807) is 0 Å². The molecule has 0 aromatic carbocycles. The van der Waals surface area contributed by atoms with Crippen molar-refractivity contribution in [3.8, 4) is 0 Å². The van der Waals surface area contributed by atoms with Gasteiger partial charge in [-0.15, -0.1) is 0 Å². The van der Waals surface area contributed by atoms with Crippen LogP contribution >= 0.6 is 7.60 Å². The Morgan fingerprint density at radius 1 is 1.23 bits per heavy atom. The van der Waals surface area contributed by atoms with Gasteiger partial charge in [0.2, 0.25) is 0 Å². The van der Waals surface area contributed by atoms with E-state index in [-0.39, 0.29) is 17.1 Å². The summed E-state index contributed by atoms with van der Waals surface area (Å²) >= 11 is 0. The predicted molar refractivity (Wildman–Crippen MR) is 50.5 cm³/mol. The molecule has 0 aliphatic carbocycles. The van der Waals surface area contributed by atoms with Crippen molar-refractivity contribution in [1.29, 1.82) is 0 Å². The van der Waals surface area contributed by atoms with Crippen LogP contribution in [0.5, 0.6) is 0 Å². The average molecular weight is 250 g/mol. The molecule has 0 spiro atoms. The van der Waals surface area contributed by atoms with Crippen LogP contribution in [0.2, 0.25) is 0 Å². The molecule has 0 heterocycles. The molecule has 1 N–H and O–H groups in total. The summed E-state index contributed by atoms with van der Waals surface area (Å²) in [7, 11) is -3.24. The second-order valence-electron chi connectivity index (χ2n) is 2.90. The van der Waals surface area contributed by atoms with Gasteiger partial charge < -0.3 is 9.42 Å². The van der Waals surface area contributed by atoms with Crippen LogP contribution in [0.4, 0.5) is 0 Å². The molecule has 1 unspecified atom stereocenters. The van der Waals surface area contributed by atoms with Crippen molar-refractivity contribution in [2.45, 2.75) is 39.5 Å². The van der Waals surface area contributed by atoms with E-state index >= 15 is 0 Å². The minimum atomic E-state index is -3.24. The number of hydrogen-bond acceptors (Lipinski definition) is 2. The normalized spacial score (nSPS) is 14.7. The molecule has 0 saturated carbocycles. The minimum Gasteiger partial charge on any atom is -0.324 e. The molecule has 0 radical (unpaired) electrons. The van der Waals surface area contributed by atoms with Gasteiger partial charge in [0.25, 0.3) is 0 Å². The molecule has 0 amide bonds. The van der Waals surface area contributed by atoms with Crippen molar-refractivity contribution in [2.24, 2.45) is 0 Å². The van der Waals surface area contributed by atoms with Gasteiger partial charge in [-0.25, -0.2) is 0 Å². The summed E-state index contributed by atoms with van der Waals surface area (Å²) in [5.41, 5.74) is 0. The van der Waals surface area contributed by atoms with Crippen molar-refractivity contribution in [3.63, 3.8) is 0 Å². The zero-order valence-corrected chi connectivity index (χ0v) is 10.3. The first-order valence-electron chi connectivity index (χ1n) is 4.58. The van der Waals surface area contributed by atoms with E-state index in [2.05, 4.69) is 0 Å². The van der Waals surface area contributed by atoms with Crippen LogP contribution in [0.3, 0.4) is 0 Å². The third-order valence-electron chi connectivity index (χ3n) is 1.59. The van der Waals surface area contributed by atoms with Gasteiger partial charge in [0.05, 0.1) is 6.61 Å². The first-order chi connectivity index (χ1) is 5.62. The standard InChI is InChI=1S/C8H19O3P.Fe/c1-3-5-7-11-12(9,10)8-6-4-2;/h3-8H2,1-2H3,(H,9,10);. The van der Waals surface area contributed by atoms with Crippen LogP contribution < -0.4 is 0 Å². The Hall–Kier alpha value is 0.669. The third kappa shape index (κ3) is 10.6. The monoisotopic (exact) mass is 250 g/mol. The maximum Gasteiger partial charge on any atom is 0.328 e. The van der Waals surface area contributed by atoms with Gasteiger partial charge >= 0.3 is 7.60 Å². The first-order valence-corrected chi connectivity index (χ1v) is 6.35. The number of rotatable bonds is 7. The quantitative estimate of drug-likeness (QED) is 0.429. The van der Waals surface area contributed by atoms with E-state index in [1.807, 2.05) is 13.8 Å². The molecular weight excluding hydrogens is 231 g/mol. The average Bonchev–Trinajstić information content (AvgIpc) is 2.01. The molecule has 0 rings (SSSR count). The van der Waals surface area contributed by atoms with Crippen molar-refractivity contribution < 1.29 is 31.1 Å². The third-order valence-corrected chi connectivity index (χ3v) is 3.05. The topological polar surface area (TPSA) is 46.5 Å². The molecule has 0 aliphatic heterocycles. The Morgan fingerprint density at radius 3 is 2.23 bits per heavy atom. The van der Waals surface area contributed by atoms with E-state index in [9.17, 15) is 9.46 Å². The van der Waals surface area contributed by atoms with Crippen LogP contribution in [0.25, 0.3) is 0 Å². The fraction of sp³-hybridized carbons (Fsp3) is 1.00. The fourth-order valence-electron chi connectivity index (χ4n) is 0.774. The maximum absolute atomic E-state index is 11.2. The number of unbranched alkanes of at least 4 members (excludes halogenated alkanes) is 2. The molecule has 0 aliphatic rings. The van der Waals surface area contributed by atoms with E-state index in [1.165, 1.54) is 0 Å². The van der Waals surface area contributed by atoms with Crippen molar-refractivity contribution in [1.82, 2.24) is 0 Å². The molecule has 3 nitrogen and oxygen atoms in total. The van der Waals surface area contributed by atoms with Crippen molar-refractivity contribution >= 4 is 7.60 Å². The zero-order chi connectivity index (χ0) is 9.45. The molecule has 0 bridgehead atoms. The molecule has 1 atom stereocenters. The minimum absolute atomic E-state index is 0. The summed E-state index contributed by atoms with van der Waals surface area (Å²) in [6.07, 6.45) is 3.85. The summed E-state index contributed by atoms with van der Waals surface area (Å²) < 4.78 is 16.1. The van der Waals surface area contributed by atoms with Crippen LogP contribution in [0, 0.1) is 0 Å². The van der Waals surface area contributed by atoms with E-state index in [0.717, 1.165) is 25.7 Å². The largest absolute Gasteiger partial charge is 0.328 e. The Bertz CT molecular complexity index is 152. The Morgan fingerprint density at radius 2 is 1.77 bits per heavy atom. The Labute approximate surface area is 91.3 Å². The number of hydrogen-bond donors (Lipinski definition) is 1. The van der Waals surface area contributed by atoms with Gasteiger partial charge in [-0.2, -0.15) is 0 Å². The van der Waals surface area contributed by atoms with Crippen LogP contribution in [0.1, 0.15) is 39.5 Å². The van der Waals surface area contributed by atoms with E-state index in [0.29, 0.717) is 12.8 Å². The maximum atomic E-state index is 11.2. The van der Waals surface area contributed by atoms with Gasteiger partial charge in [0.1, 0.15) is 0 Å². The smallest absolute Gasteiger partial charge is 0.324 e. The predicted octanol–water partition coefficient (Wildman–Crippen LogP) is 2.79. The summed E-state index contributed by atoms with van der Waals surface area (Å²) in [5, 5.41) is 0.